The largest absolute Gasteiger partial charge is 0.465 e. The molecule has 1 aromatic heterocycles. The third-order valence-electron chi connectivity index (χ3n) is 4.35. The van der Waals surface area contributed by atoms with Gasteiger partial charge in [-0.2, -0.15) is 0 Å². The Labute approximate surface area is 160 Å². The third kappa shape index (κ3) is 5.14. The average molecular weight is 391 g/mol. The fourth-order valence-electron chi connectivity index (χ4n) is 2.83. The number of pyridine rings is 1. The van der Waals surface area contributed by atoms with Crippen molar-refractivity contribution in [3.8, 4) is 0 Å². The maximum atomic E-state index is 13.2. The first-order valence-corrected chi connectivity index (χ1v) is 10.3. The second kappa shape index (κ2) is 8.63. The van der Waals surface area contributed by atoms with Gasteiger partial charge in [-0.25, -0.2) is 8.42 Å². The van der Waals surface area contributed by atoms with Crippen LogP contribution >= 0.6 is 0 Å². The van der Waals surface area contributed by atoms with Crippen LogP contribution in [0.3, 0.4) is 0 Å². The van der Waals surface area contributed by atoms with E-state index < -0.39 is 26.6 Å². The normalized spacial score (nSPS) is 13.2. The van der Waals surface area contributed by atoms with E-state index in [4.69, 9.17) is 10.5 Å². The molecule has 2 N–H and O–H groups in total. The van der Waals surface area contributed by atoms with Gasteiger partial charge in [0, 0.05) is 18.3 Å². The molecule has 0 amide bonds. The van der Waals surface area contributed by atoms with Crippen LogP contribution in [0.25, 0.3) is 0 Å². The lowest BCUT2D eigenvalue weighted by Gasteiger charge is -2.27. The molecule has 7 heteroatoms. The third-order valence-corrected chi connectivity index (χ3v) is 6.84. The molecule has 0 saturated carbocycles. The quantitative estimate of drug-likeness (QED) is 0.695. The molecule has 0 fully saturated rings. The number of aromatic nitrogens is 1. The summed E-state index contributed by atoms with van der Waals surface area (Å²) in [5.74, 6) is -0.593. The van der Waals surface area contributed by atoms with Crippen LogP contribution in [0.5, 0.6) is 0 Å². The predicted molar refractivity (Wildman–Crippen MR) is 104 cm³/mol. The van der Waals surface area contributed by atoms with Crippen LogP contribution < -0.4 is 5.73 Å². The minimum Gasteiger partial charge on any atom is -0.465 e. The molecular formula is C20H26N2O4S. The second-order valence-corrected chi connectivity index (χ2v) is 9.55. The number of esters is 1. The maximum absolute atomic E-state index is 13.2. The van der Waals surface area contributed by atoms with Crippen molar-refractivity contribution in [2.45, 2.75) is 49.3 Å². The number of carbonyl (C=O) groups is 1. The molecule has 0 unspecified atom stereocenters. The van der Waals surface area contributed by atoms with E-state index in [1.165, 1.54) is 0 Å². The number of benzene rings is 1. The zero-order valence-electron chi connectivity index (χ0n) is 15.9. The van der Waals surface area contributed by atoms with Crippen molar-refractivity contribution in [2.24, 2.45) is 5.73 Å². The van der Waals surface area contributed by atoms with Crippen LogP contribution in [0, 0.1) is 0 Å². The smallest absolute Gasteiger partial charge is 0.322 e. The van der Waals surface area contributed by atoms with E-state index in [0.717, 1.165) is 11.3 Å². The van der Waals surface area contributed by atoms with Crippen molar-refractivity contribution in [1.82, 2.24) is 4.98 Å². The first kappa shape index (κ1) is 21.1. The van der Waals surface area contributed by atoms with Gasteiger partial charge in [-0.05, 0) is 57.0 Å². The summed E-state index contributed by atoms with van der Waals surface area (Å²) in [5, 5.41) is 0. The lowest BCUT2D eigenvalue weighted by atomic mass is 10.0. The van der Waals surface area contributed by atoms with Gasteiger partial charge < -0.3 is 10.5 Å². The number of carbonyl (C=O) groups excluding carboxylic acids is 1. The molecule has 27 heavy (non-hydrogen) atoms. The van der Waals surface area contributed by atoms with E-state index in [2.05, 4.69) is 4.98 Å². The fourth-order valence-corrected chi connectivity index (χ4v) is 4.43. The molecule has 0 bridgehead atoms. The summed E-state index contributed by atoms with van der Waals surface area (Å²) in [6.07, 6.45) is 2.21. The monoisotopic (exact) mass is 390 g/mol. The molecule has 0 spiro atoms. The van der Waals surface area contributed by atoms with E-state index in [0.29, 0.717) is 6.42 Å². The van der Waals surface area contributed by atoms with Gasteiger partial charge in [0.15, 0.2) is 9.84 Å². The SMILES string of the molecule is CCOC(=O)[C@@H](N)CC(C)(C)S(=O)(=O)c1cccc(Cc2ccccn2)c1. The second-order valence-electron chi connectivity index (χ2n) is 6.97. The van der Waals surface area contributed by atoms with Crippen molar-refractivity contribution in [3.05, 3.63) is 59.9 Å². The van der Waals surface area contributed by atoms with E-state index in [1.807, 2.05) is 24.3 Å². The molecule has 1 atom stereocenters. The summed E-state index contributed by atoms with van der Waals surface area (Å²) in [7, 11) is -3.71. The number of nitrogens with zero attached hydrogens (tertiary/aromatic N) is 1. The van der Waals surface area contributed by atoms with Crippen LogP contribution in [0.1, 0.15) is 38.4 Å². The van der Waals surface area contributed by atoms with Gasteiger partial charge in [0.1, 0.15) is 6.04 Å². The van der Waals surface area contributed by atoms with Gasteiger partial charge in [-0.1, -0.05) is 18.2 Å². The average Bonchev–Trinajstić information content (AvgIpc) is 2.62. The van der Waals surface area contributed by atoms with E-state index in [1.54, 1.807) is 45.2 Å². The highest BCUT2D eigenvalue weighted by atomic mass is 32.2. The lowest BCUT2D eigenvalue weighted by Crippen LogP contribution is -2.43. The van der Waals surface area contributed by atoms with Crippen LogP contribution in [0.4, 0.5) is 0 Å². The maximum Gasteiger partial charge on any atom is 0.322 e. The molecule has 1 aromatic carbocycles. The summed E-state index contributed by atoms with van der Waals surface area (Å²) in [4.78, 5) is 16.3. The Bertz CT molecular complexity index is 880. The van der Waals surface area contributed by atoms with Gasteiger partial charge in [0.25, 0.3) is 0 Å². The summed E-state index contributed by atoms with van der Waals surface area (Å²) in [6, 6.07) is 11.4. The molecule has 0 radical (unpaired) electrons. The molecule has 6 nitrogen and oxygen atoms in total. The highest BCUT2D eigenvalue weighted by molar-refractivity contribution is 7.92. The molecule has 0 aliphatic rings. The summed E-state index contributed by atoms with van der Waals surface area (Å²) in [5.41, 5.74) is 7.55. The van der Waals surface area contributed by atoms with E-state index in [9.17, 15) is 13.2 Å². The number of rotatable bonds is 8. The number of hydrogen-bond donors (Lipinski definition) is 1. The fraction of sp³-hybridized carbons (Fsp3) is 0.400. The van der Waals surface area contributed by atoms with Crippen LogP contribution in [0.15, 0.2) is 53.6 Å². The van der Waals surface area contributed by atoms with Crippen LogP contribution in [-0.4, -0.2) is 36.8 Å². The number of hydrogen-bond acceptors (Lipinski definition) is 6. The lowest BCUT2D eigenvalue weighted by molar-refractivity contribution is -0.144. The predicted octanol–water partition coefficient (Wildman–Crippen LogP) is 2.51. The summed E-state index contributed by atoms with van der Waals surface area (Å²) >= 11 is 0. The highest BCUT2D eigenvalue weighted by Gasteiger charge is 2.39. The van der Waals surface area contributed by atoms with E-state index >= 15 is 0 Å². The Morgan fingerprint density at radius 3 is 2.59 bits per heavy atom. The minimum atomic E-state index is -3.71. The van der Waals surface area contributed by atoms with Gasteiger partial charge in [-0.15, -0.1) is 0 Å². The Hall–Kier alpha value is -2.25. The molecule has 1 heterocycles. The van der Waals surface area contributed by atoms with Gasteiger partial charge in [-0.3, -0.25) is 9.78 Å². The van der Waals surface area contributed by atoms with Crippen molar-refractivity contribution >= 4 is 15.8 Å². The van der Waals surface area contributed by atoms with Crippen molar-refractivity contribution in [3.63, 3.8) is 0 Å². The Morgan fingerprint density at radius 2 is 1.96 bits per heavy atom. The van der Waals surface area contributed by atoms with Crippen molar-refractivity contribution < 1.29 is 17.9 Å². The van der Waals surface area contributed by atoms with Gasteiger partial charge in [0.2, 0.25) is 0 Å². The van der Waals surface area contributed by atoms with E-state index in [-0.39, 0.29) is 17.9 Å². The van der Waals surface area contributed by atoms with Crippen LogP contribution in [0.2, 0.25) is 0 Å². The van der Waals surface area contributed by atoms with Crippen LogP contribution in [-0.2, 0) is 25.8 Å². The Balaban J connectivity index is 2.24. The molecule has 146 valence electrons. The highest BCUT2D eigenvalue weighted by Crippen LogP contribution is 2.30. The topological polar surface area (TPSA) is 99.4 Å². The summed E-state index contributed by atoms with van der Waals surface area (Å²) < 4.78 is 30.0. The minimum absolute atomic E-state index is 0.0291. The number of ether oxygens (including phenoxy) is 1. The Kier molecular flexibility index (Phi) is 6.73. The van der Waals surface area contributed by atoms with Crippen molar-refractivity contribution in [2.75, 3.05) is 6.61 Å². The molecule has 0 saturated heterocycles. The first-order chi connectivity index (χ1) is 12.7. The standard InChI is InChI=1S/C20H26N2O4S/c1-4-26-19(23)18(21)14-20(2,3)27(24,25)17-10-7-8-15(13-17)12-16-9-5-6-11-22-16/h5-11,13,18H,4,12,14,21H2,1-3H3/t18-/m0/s1. The van der Waals surface area contributed by atoms with Crippen molar-refractivity contribution in [1.29, 1.82) is 0 Å². The summed E-state index contributed by atoms with van der Waals surface area (Å²) in [6.45, 7) is 5.04. The number of nitrogens with two attached hydrogens (primary N) is 1. The molecule has 2 rings (SSSR count). The first-order valence-electron chi connectivity index (χ1n) is 8.83. The Morgan fingerprint density at radius 1 is 1.22 bits per heavy atom. The zero-order valence-corrected chi connectivity index (χ0v) is 16.7. The number of sulfone groups is 1. The zero-order chi connectivity index (χ0) is 20.1. The van der Waals surface area contributed by atoms with Gasteiger partial charge >= 0.3 is 5.97 Å². The molecule has 0 aliphatic carbocycles. The molecule has 0 aliphatic heterocycles. The van der Waals surface area contributed by atoms with Gasteiger partial charge in [0.05, 0.1) is 16.2 Å². The molecule has 2 aromatic rings. The molecular weight excluding hydrogens is 364 g/mol.